The van der Waals surface area contributed by atoms with E-state index in [1.807, 2.05) is 49.4 Å². The van der Waals surface area contributed by atoms with E-state index in [4.69, 9.17) is 9.47 Å². The van der Waals surface area contributed by atoms with Crippen molar-refractivity contribution in [2.75, 3.05) is 38.3 Å². The maximum Gasteiger partial charge on any atom is 0.303 e. The molecule has 2 aromatic rings. The Morgan fingerprint density at radius 2 is 1.86 bits per heavy atom. The molecule has 188 valence electrons. The van der Waals surface area contributed by atoms with E-state index in [1.165, 1.54) is 0 Å². The fourth-order valence-electron chi connectivity index (χ4n) is 4.98. The largest absolute Gasteiger partial charge is 0.497 e. The van der Waals surface area contributed by atoms with Crippen molar-refractivity contribution >= 4 is 17.6 Å². The van der Waals surface area contributed by atoms with Crippen LogP contribution >= 0.6 is 0 Å². The van der Waals surface area contributed by atoms with Crippen LogP contribution in [0.25, 0.3) is 0 Å². The lowest BCUT2D eigenvalue weighted by molar-refractivity contribution is -0.137. The summed E-state index contributed by atoms with van der Waals surface area (Å²) in [6.07, 6.45) is 4.33. The van der Waals surface area contributed by atoms with Gasteiger partial charge in [-0.05, 0) is 80.2 Å². The first-order valence-corrected chi connectivity index (χ1v) is 12.6. The smallest absolute Gasteiger partial charge is 0.303 e. The van der Waals surface area contributed by atoms with Gasteiger partial charge >= 0.3 is 5.97 Å². The molecule has 1 aliphatic carbocycles. The highest BCUT2D eigenvalue weighted by Crippen LogP contribution is 2.45. The van der Waals surface area contributed by atoms with E-state index in [0.717, 1.165) is 61.5 Å². The molecule has 1 unspecified atom stereocenters. The second-order valence-corrected chi connectivity index (χ2v) is 9.60. The van der Waals surface area contributed by atoms with E-state index in [-0.39, 0.29) is 18.2 Å². The lowest BCUT2D eigenvalue weighted by atomic mass is 9.91. The molecule has 1 heterocycles. The number of nitrogens with one attached hydrogen (secondary N) is 1. The lowest BCUT2D eigenvalue weighted by Gasteiger charge is -2.34. The van der Waals surface area contributed by atoms with Gasteiger partial charge in [0, 0.05) is 25.7 Å². The summed E-state index contributed by atoms with van der Waals surface area (Å²) in [6.45, 7) is 4.82. The molecule has 0 radical (unpaired) electrons. The Kier molecular flexibility index (Phi) is 8.16. The summed E-state index contributed by atoms with van der Waals surface area (Å²) in [5.74, 6) is 1.71. The number of aliphatic carboxylic acids is 1. The van der Waals surface area contributed by atoms with Crippen molar-refractivity contribution in [1.29, 1.82) is 0 Å². The number of rotatable bonds is 11. The van der Waals surface area contributed by atoms with Crippen LogP contribution in [0.15, 0.2) is 42.5 Å². The Balaban J connectivity index is 1.35. The average Bonchev–Trinajstić information content (AvgIpc) is 3.71. The first-order valence-electron chi connectivity index (χ1n) is 12.6. The van der Waals surface area contributed by atoms with Crippen LogP contribution in [-0.4, -0.2) is 50.3 Å². The van der Waals surface area contributed by atoms with Gasteiger partial charge in [0.15, 0.2) is 0 Å². The molecular formula is C28H36N2O5. The highest BCUT2D eigenvalue weighted by molar-refractivity contribution is 6.00. The number of carboxylic acid groups (broad SMARTS) is 1. The minimum absolute atomic E-state index is 0.0668. The Labute approximate surface area is 207 Å². The van der Waals surface area contributed by atoms with Crippen LogP contribution in [0.5, 0.6) is 11.5 Å². The zero-order chi connectivity index (χ0) is 24.8. The van der Waals surface area contributed by atoms with E-state index < -0.39 is 5.97 Å². The molecule has 1 saturated carbocycles. The van der Waals surface area contributed by atoms with Crippen molar-refractivity contribution in [3.63, 3.8) is 0 Å². The minimum Gasteiger partial charge on any atom is -0.497 e. The Morgan fingerprint density at radius 3 is 2.51 bits per heavy atom. The summed E-state index contributed by atoms with van der Waals surface area (Å²) in [5.41, 5.74) is 2.65. The second-order valence-electron chi connectivity index (χ2n) is 9.60. The van der Waals surface area contributed by atoms with Crippen molar-refractivity contribution in [3.8, 4) is 11.5 Å². The molecule has 7 nitrogen and oxygen atoms in total. The highest BCUT2D eigenvalue weighted by atomic mass is 16.5. The van der Waals surface area contributed by atoms with E-state index in [2.05, 4.69) is 10.2 Å². The number of carbonyl (C=O) groups is 2. The number of carbonyl (C=O) groups excluding carboxylic acids is 1. The number of nitrogens with zero attached hydrogens (tertiary/aromatic N) is 1. The Bertz CT molecular complexity index is 1030. The van der Waals surface area contributed by atoms with Crippen molar-refractivity contribution in [2.24, 2.45) is 11.8 Å². The number of amides is 1. The summed E-state index contributed by atoms with van der Waals surface area (Å²) in [5, 5.41) is 12.2. The number of hydrogen-bond donors (Lipinski definition) is 2. The maximum absolute atomic E-state index is 12.6. The molecule has 2 aliphatic rings. The van der Waals surface area contributed by atoms with Gasteiger partial charge in [0.25, 0.3) is 5.91 Å². The van der Waals surface area contributed by atoms with Gasteiger partial charge in [-0.1, -0.05) is 12.1 Å². The Morgan fingerprint density at radius 1 is 1.09 bits per heavy atom. The predicted molar refractivity (Wildman–Crippen MR) is 136 cm³/mol. The molecule has 1 saturated heterocycles. The molecule has 0 aromatic heterocycles. The first-order chi connectivity index (χ1) is 17.0. The monoisotopic (exact) mass is 480 g/mol. The van der Waals surface area contributed by atoms with Crippen molar-refractivity contribution < 1.29 is 24.2 Å². The number of ether oxygens (including phenoxy) is 2. The Hall–Kier alpha value is -3.22. The van der Waals surface area contributed by atoms with Crippen LogP contribution in [0.2, 0.25) is 0 Å². The number of carboxylic acids is 1. The van der Waals surface area contributed by atoms with Crippen LogP contribution in [0.1, 0.15) is 60.9 Å². The fraction of sp³-hybridized carbons (Fsp3) is 0.500. The third-order valence-electron chi connectivity index (χ3n) is 7.10. The molecule has 2 N–H and O–H groups in total. The van der Waals surface area contributed by atoms with Crippen LogP contribution in [-0.2, 0) is 4.79 Å². The highest BCUT2D eigenvalue weighted by Gasteiger charge is 2.34. The van der Waals surface area contributed by atoms with Gasteiger partial charge in [-0.2, -0.15) is 0 Å². The van der Waals surface area contributed by atoms with Gasteiger partial charge in [-0.25, -0.2) is 0 Å². The van der Waals surface area contributed by atoms with Crippen molar-refractivity contribution in [3.05, 3.63) is 53.6 Å². The zero-order valence-corrected chi connectivity index (χ0v) is 20.7. The number of anilines is 1. The van der Waals surface area contributed by atoms with Crippen molar-refractivity contribution in [2.45, 2.75) is 44.9 Å². The summed E-state index contributed by atoms with van der Waals surface area (Å²) >= 11 is 0. The minimum atomic E-state index is -0.744. The fourth-order valence-corrected chi connectivity index (χ4v) is 4.98. The number of hydrogen-bond acceptors (Lipinski definition) is 5. The van der Waals surface area contributed by atoms with Gasteiger partial charge < -0.3 is 24.8 Å². The molecule has 0 spiro atoms. The van der Waals surface area contributed by atoms with E-state index in [0.29, 0.717) is 30.6 Å². The number of piperidine rings is 1. The molecule has 0 bridgehead atoms. The van der Waals surface area contributed by atoms with Crippen molar-refractivity contribution in [1.82, 2.24) is 5.32 Å². The van der Waals surface area contributed by atoms with E-state index >= 15 is 0 Å². The maximum atomic E-state index is 12.6. The molecule has 2 aromatic carbocycles. The zero-order valence-electron chi connectivity index (χ0n) is 20.7. The molecule has 1 amide bonds. The third kappa shape index (κ3) is 6.47. The molecular weight excluding hydrogens is 444 g/mol. The summed E-state index contributed by atoms with van der Waals surface area (Å²) in [4.78, 5) is 26.2. The molecule has 1 atom stereocenters. The average molecular weight is 481 g/mol. The van der Waals surface area contributed by atoms with Crippen LogP contribution in [0, 0.1) is 11.8 Å². The van der Waals surface area contributed by atoms with E-state index in [1.54, 1.807) is 7.11 Å². The summed E-state index contributed by atoms with van der Waals surface area (Å²) < 4.78 is 11.6. The predicted octanol–water partition coefficient (Wildman–Crippen LogP) is 4.71. The number of benzene rings is 2. The van der Waals surface area contributed by atoms with Crippen LogP contribution < -0.4 is 19.7 Å². The first kappa shape index (κ1) is 24.9. The SMILES string of the molecule is CCNC(=O)c1ccc(OC)cc1N1CCC(COc2cccc(C(CC(=O)O)C3CC3)c2)CC1. The summed E-state index contributed by atoms with van der Waals surface area (Å²) in [6, 6.07) is 13.6. The molecule has 35 heavy (non-hydrogen) atoms. The summed E-state index contributed by atoms with van der Waals surface area (Å²) in [7, 11) is 1.64. The van der Waals surface area contributed by atoms with Gasteiger partial charge in [-0.3, -0.25) is 9.59 Å². The molecule has 1 aliphatic heterocycles. The topological polar surface area (TPSA) is 88.1 Å². The lowest BCUT2D eigenvalue weighted by Crippen LogP contribution is -2.37. The van der Waals surface area contributed by atoms with Gasteiger partial charge in [0.2, 0.25) is 0 Å². The van der Waals surface area contributed by atoms with Crippen LogP contribution in [0.4, 0.5) is 5.69 Å². The normalized spacial score (nSPS) is 17.0. The van der Waals surface area contributed by atoms with Gasteiger partial charge in [0.05, 0.1) is 31.4 Å². The van der Waals surface area contributed by atoms with E-state index in [9.17, 15) is 14.7 Å². The van der Waals surface area contributed by atoms with Crippen LogP contribution in [0.3, 0.4) is 0 Å². The van der Waals surface area contributed by atoms with Gasteiger partial charge in [0.1, 0.15) is 11.5 Å². The second kappa shape index (κ2) is 11.5. The standard InChI is InChI=1S/C28H36N2O5/c1-3-29-28(33)24-10-9-22(34-2)16-26(24)30-13-11-19(12-14-30)18-35-23-6-4-5-21(15-23)25(17-27(31)32)20-7-8-20/h4-6,9-10,15-16,19-20,25H,3,7-8,11-14,17-18H2,1-2H3,(H,29,33)(H,31,32). The molecule has 7 heteroatoms. The third-order valence-corrected chi connectivity index (χ3v) is 7.10. The number of methoxy groups -OCH3 is 1. The quantitative estimate of drug-likeness (QED) is 0.484. The molecule has 4 rings (SSSR count). The molecule has 2 fully saturated rings. The van der Waals surface area contributed by atoms with Gasteiger partial charge in [-0.15, -0.1) is 0 Å².